The molecule has 0 amide bonds. The van der Waals surface area contributed by atoms with Crippen molar-refractivity contribution in [3.05, 3.63) is 21.9 Å². The molecule has 0 aliphatic rings. The maximum absolute atomic E-state index is 10.8. The van der Waals surface area contributed by atoms with Gasteiger partial charge in [0, 0.05) is 4.88 Å². The summed E-state index contributed by atoms with van der Waals surface area (Å²) in [4.78, 5) is 11.3. The molecule has 1 unspecified atom stereocenters. The minimum absolute atomic E-state index is 0.589. The summed E-state index contributed by atoms with van der Waals surface area (Å²) in [5, 5.41) is 20.2. The molecule has 1 aromatic rings. The fourth-order valence-corrected chi connectivity index (χ4v) is 2.88. The third-order valence-electron chi connectivity index (χ3n) is 2.99. The van der Waals surface area contributed by atoms with Crippen molar-refractivity contribution in [3.63, 3.8) is 0 Å². The maximum Gasteiger partial charge on any atom is 0.338 e. The maximum atomic E-state index is 10.8. The average Bonchev–Trinajstić information content (AvgIpc) is 2.75. The van der Waals surface area contributed by atoms with Gasteiger partial charge in [-0.2, -0.15) is 0 Å². The molecule has 0 bridgehead atoms. The number of carboxylic acids is 1. The van der Waals surface area contributed by atoms with Crippen molar-refractivity contribution in [2.75, 3.05) is 0 Å². The summed E-state index contributed by atoms with van der Waals surface area (Å²) < 4.78 is 0. The lowest BCUT2D eigenvalue weighted by Gasteiger charge is -2.07. The van der Waals surface area contributed by atoms with Gasteiger partial charge in [-0.1, -0.05) is 33.1 Å². The molecule has 0 saturated heterocycles. The Hall–Kier alpha value is -0.870. The summed E-state index contributed by atoms with van der Waals surface area (Å²) in [6, 6.07) is 1.93. The van der Waals surface area contributed by atoms with Crippen LogP contribution in [0.5, 0.6) is 0 Å². The topological polar surface area (TPSA) is 57.5 Å². The Morgan fingerprint density at radius 3 is 2.67 bits per heavy atom. The zero-order chi connectivity index (χ0) is 13.5. The van der Waals surface area contributed by atoms with Gasteiger partial charge in [0.15, 0.2) is 6.10 Å². The van der Waals surface area contributed by atoms with Gasteiger partial charge < -0.3 is 10.2 Å². The van der Waals surface area contributed by atoms with Crippen molar-refractivity contribution in [3.8, 4) is 0 Å². The highest BCUT2D eigenvalue weighted by atomic mass is 32.1. The molecule has 0 spiro atoms. The standard InChI is InChI=1S/C14H22O3S/c1-10(2)6-4-3-5-7-11-8-9-18-13(11)12(15)14(16)17/h8-10,12,15H,3-7H2,1-2H3,(H,16,17). The average molecular weight is 270 g/mol. The largest absolute Gasteiger partial charge is 0.479 e. The molecule has 4 heteroatoms. The zero-order valence-corrected chi connectivity index (χ0v) is 11.9. The van der Waals surface area contributed by atoms with Crippen molar-refractivity contribution in [1.82, 2.24) is 0 Å². The number of aliphatic carboxylic acids is 1. The first kappa shape index (κ1) is 15.2. The first-order valence-electron chi connectivity index (χ1n) is 6.49. The molecule has 1 rings (SSSR count). The van der Waals surface area contributed by atoms with E-state index in [4.69, 9.17) is 5.11 Å². The number of aliphatic hydroxyl groups excluding tert-OH is 1. The molecule has 0 fully saturated rings. The van der Waals surface area contributed by atoms with Gasteiger partial charge in [-0.05, 0) is 35.8 Å². The van der Waals surface area contributed by atoms with Crippen molar-refractivity contribution >= 4 is 17.3 Å². The van der Waals surface area contributed by atoms with Crippen LogP contribution in [0.15, 0.2) is 11.4 Å². The van der Waals surface area contributed by atoms with Gasteiger partial charge in [0.05, 0.1) is 0 Å². The summed E-state index contributed by atoms with van der Waals surface area (Å²) in [7, 11) is 0. The smallest absolute Gasteiger partial charge is 0.338 e. The molecule has 0 saturated carbocycles. The quantitative estimate of drug-likeness (QED) is 0.709. The van der Waals surface area contributed by atoms with E-state index in [-0.39, 0.29) is 0 Å². The van der Waals surface area contributed by atoms with Crippen LogP contribution in [0.2, 0.25) is 0 Å². The molecule has 0 aliphatic heterocycles. The van der Waals surface area contributed by atoms with Crippen molar-refractivity contribution in [2.24, 2.45) is 5.92 Å². The first-order valence-corrected chi connectivity index (χ1v) is 7.37. The lowest BCUT2D eigenvalue weighted by Crippen LogP contribution is -2.10. The van der Waals surface area contributed by atoms with E-state index in [1.165, 1.54) is 24.2 Å². The second-order valence-corrected chi connectivity index (χ2v) is 5.99. The SMILES string of the molecule is CC(C)CCCCCc1ccsc1C(O)C(=O)O. The summed E-state index contributed by atoms with van der Waals surface area (Å²) in [5.74, 6) is -0.422. The molecule has 3 nitrogen and oxygen atoms in total. The number of hydrogen-bond acceptors (Lipinski definition) is 3. The van der Waals surface area contributed by atoms with Crippen molar-refractivity contribution in [1.29, 1.82) is 0 Å². The van der Waals surface area contributed by atoms with Crippen molar-refractivity contribution in [2.45, 2.75) is 52.1 Å². The predicted molar refractivity (Wildman–Crippen MR) is 73.9 cm³/mol. The molecule has 1 atom stereocenters. The Morgan fingerprint density at radius 1 is 1.33 bits per heavy atom. The number of unbranched alkanes of at least 4 members (excludes halogenated alkanes) is 2. The Balaban J connectivity index is 2.39. The fourth-order valence-electron chi connectivity index (χ4n) is 1.95. The predicted octanol–water partition coefficient (Wildman–Crippen LogP) is 3.63. The van der Waals surface area contributed by atoms with Crippen LogP contribution in [0.4, 0.5) is 0 Å². The number of carboxylic acid groups (broad SMARTS) is 1. The van der Waals surface area contributed by atoms with Crippen LogP contribution < -0.4 is 0 Å². The zero-order valence-electron chi connectivity index (χ0n) is 11.1. The molecule has 0 radical (unpaired) electrons. The second kappa shape index (κ2) is 7.54. The van der Waals surface area contributed by atoms with E-state index in [1.807, 2.05) is 11.4 Å². The van der Waals surface area contributed by atoms with Gasteiger partial charge >= 0.3 is 5.97 Å². The van der Waals surface area contributed by atoms with Gasteiger partial charge in [-0.3, -0.25) is 0 Å². The van der Waals surface area contributed by atoms with Crippen LogP contribution in [-0.2, 0) is 11.2 Å². The molecule has 0 aliphatic carbocycles. The van der Waals surface area contributed by atoms with E-state index >= 15 is 0 Å². The number of rotatable bonds is 8. The summed E-state index contributed by atoms with van der Waals surface area (Å²) >= 11 is 1.32. The Bertz CT molecular complexity index is 371. The monoisotopic (exact) mass is 270 g/mol. The van der Waals surface area contributed by atoms with E-state index in [0.717, 1.165) is 30.7 Å². The van der Waals surface area contributed by atoms with Crippen LogP contribution in [-0.4, -0.2) is 16.2 Å². The molecule has 102 valence electrons. The number of thiophene rings is 1. The molecular formula is C14H22O3S. The third-order valence-corrected chi connectivity index (χ3v) is 4.00. The van der Waals surface area contributed by atoms with Crippen LogP contribution in [0.25, 0.3) is 0 Å². The summed E-state index contributed by atoms with van der Waals surface area (Å²) in [5.41, 5.74) is 0.986. The van der Waals surface area contributed by atoms with E-state index in [1.54, 1.807) is 0 Å². The first-order chi connectivity index (χ1) is 8.52. The molecule has 0 aromatic carbocycles. The van der Waals surface area contributed by atoms with E-state index in [0.29, 0.717) is 4.88 Å². The molecule has 1 heterocycles. The highest BCUT2D eigenvalue weighted by Gasteiger charge is 2.20. The Morgan fingerprint density at radius 2 is 2.06 bits per heavy atom. The van der Waals surface area contributed by atoms with Gasteiger partial charge in [0.1, 0.15) is 0 Å². The van der Waals surface area contributed by atoms with Crippen LogP contribution in [0.1, 0.15) is 56.1 Å². The summed E-state index contributed by atoms with van der Waals surface area (Å²) in [6.45, 7) is 4.44. The molecular weight excluding hydrogens is 248 g/mol. The molecule has 1 aromatic heterocycles. The minimum atomic E-state index is -1.37. The summed E-state index contributed by atoms with van der Waals surface area (Å²) in [6.07, 6.45) is 4.18. The minimum Gasteiger partial charge on any atom is -0.479 e. The molecule has 2 N–H and O–H groups in total. The van der Waals surface area contributed by atoms with Crippen LogP contribution in [0.3, 0.4) is 0 Å². The van der Waals surface area contributed by atoms with Gasteiger partial charge in [0.25, 0.3) is 0 Å². The third kappa shape index (κ3) is 4.78. The van der Waals surface area contributed by atoms with Gasteiger partial charge in [-0.25, -0.2) is 4.79 Å². The lowest BCUT2D eigenvalue weighted by molar-refractivity contribution is -0.146. The van der Waals surface area contributed by atoms with E-state index in [9.17, 15) is 9.90 Å². The van der Waals surface area contributed by atoms with E-state index in [2.05, 4.69) is 13.8 Å². The molecule has 18 heavy (non-hydrogen) atoms. The number of aryl methyl sites for hydroxylation is 1. The van der Waals surface area contributed by atoms with Crippen LogP contribution >= 0.6 is 11.3 Å². The Labute approximate surface area is 112 Å². The lowest BCUT2D eigenvalue weighted by atomic mass is 10.0. The van der Waals surface area contributed by atoms with Gasteiger partial charge in [-0.15, -0.1) is 11.3 Å². The fraction of sp³-hybridized carbons (Fsp3) is 0.643. The van der Waals surface area contributed by atoms with E-state index < -0.39 is 12.1 Å². The van der Waals surface area contributed by atoms with Crippen LogP contribution in [0, 0.1) is 5.92 Å². The van der Waals surface area contributed by atoms with Crippen molar-refractivity contribution < 1.29 is 15.0 Å². The van der Waals surface area contributed by atoms with Gasteiger partial charge in [0.2, 0.25) is 0 Å². The number of hydrogen-bond donors (Lipinski definition) is 2. The number of aliphatic hydroxyl groups is 1. The Kier molecular flexibility index (Phi) is 6.36. The normalized spacial score (nSPS) is 12.9. The highest BCUT2D eigenvalue weighted by molar-refractivity contribution is 7.10. The highest BCUT2D eigenvalue weighted by Crippen LogP contribution is 2.26. The number of carbonyl (C=O) groups is 1. The second-order valence-electron chi connectivity index (χ2n) is 5.04.